The van der Waals surface area contributed by atoms with Crippen molar-refractivity contribution in [1.82, 2.24) is 5.32 Å². The summed E-state index contributed by atoms with van der Waals surface area (Å²) >= 11 is 2.20. The highest BCUT2D eigenvalue weighted by atomic mass is 32.2. The molecule has 1 atom stereocenters. The van der Waals surface area contributed by atoms with E-state index in [2.05, 4.69) is 24.0 Å². The highest BCUT2D eigenvalue weighted by Gasteiger charge is 2.30. The predicted molar refractivity (Wildman–Crippen MR) is 69.5 cm³/mol. The molecule has 1 N–H and O–H groups in total. The average molecular weight is 227 g/mol. The average Bonchev–Trinajstić information content (AvgIpc) is 2.96. The second-order valence-corrected chi connectivity index (χ2v) is 6.26. The van der Waals surface area contributed by atoms with Crippen LogP contribution in [0.15, 0.2) is 0 Å². The third-order valence-corrected chi connectivity index (χ3v) is 5.08. The lowest BCUT2D eigenvalue weighted by Gasteiger charge is -2.17. The largest absolute Gasteiger partial charge is 0.313 e. The van der Waals surface area contributed by atoms with Gasteiger partial charge in [-0.05, 0) is 49.8 Å². The Bertz CT molecular complexity index is 173. The van der Waals surface area contributed by atoms with E-state index in [0.29, 0.717) is 0 Å². The zero-order chi connectivity index (χ0) is 10.5. The minimum atomic E-state index is 0.821. The third kappa shape index (κ3) is 3.99. The summed E-state index contributed by atoms with van der Waals surface area (Å²) in [5.74, 6) is 4.85. The number of nitrogens with one attached hydrogen (secondary N) is 1. The van der Waals surface area contributed by atoms with Crippen LogP contribution in [0, 0.1) is 11.8 Å². The van der Waals surface area contributed by atoms with Crippen molar-refractivity contribution in [1.29, 1.82) is 0 Å². The van der Waals surface area contributed by atoms with Gasteiger partial charge in [-0.2, -0.15) is 11.8 Å². The van der Waals surface area contributed by atoms with Gasteiger partial charge in [-0.15, -0.1) is 0 Å². The minimum Gasteiger partial charge on any atom is -0.313 e. The van der Waals surface area contributed by atoms with Gasteiger partial charge in [0.15, 0.2) is 0 Å². The van der Waals surface area contributed by atoms with E-state index in [1.807, 2.05) is 0 Å². The fourth-order valence-corrected chi connectivity index (χ4v) is 4.11. The molecule has 0 spiro atoms. The molecule has 1 unspecified atom stereocenters. The molecule has 0 aromatic rings. The quantitative estimate of drug-likeness (QED) is 0.716. The van der Waals surface area contributed by atoms with Gasteiger partial charge in [0.05, 0.1) is 0 Å². The highest BCUT2D eigenvalue weighted by Crippen LogP contribution is 2.35. The Morgan fingerprint density at radius 1 is 1.20 bits per heavy atom. The standard InChI is InChI=1S/C13H25NS/c1-2-14-13(12-7-8-12)10-15-9-11-5-3-4-6-11/h11-14H,2-10H2,1H3. The van der Waals surface area contributed by atoms with Crippen LogP contribution in [-0.2, 0) is 0 Å². The van der Waals surface area contributed by atoms with E-state index < -0.39 is 0 Å². The molecule has 0 amide bonds. The summed E-state index contributed by atoms with van der Waals surface area (Å²) in [4.78, 5) is 0. The summed E-state index contributed by atoms with van der Waals surface area (Å²) in [5.41, 5.74) is 0. The van der Waals surface area contributed by atoms with Crippen molar-refractivity contribution in [3.05, 3.63) is 0 Å². The Morgan fingerprint density at radius 2 is 1.93 bits per heavy atom. The van der Waals surface area contributed by atoms with Crippen molar-refractivity contribution in [2.24, 2.45) is 11.8 Å². The molecular formula is C13H25NS. The molecule has 0 aliphatic heterocycles. The second-order valence-electron chi connectivity index (χ2n) is 5.19. The molecule has 2 rings (SSSR count). The minimum absolute atomic E-state index is 0.821. The zero-order valence-electron chi connectivity index (χ0n) is 10.0. The van der Waals surface area contributed by atoms with E-state index >= 15 is 0 Å². The van der Waals surface area contributed by atoms with Crippen molar-refractivity contribution >= 4 is 11.8 Å². The molecule has 2 heteroatoms. The van der Waals surface area contributed by atoms with Crippen LogP contribution in [0.25, 0.3) is 0 Å². The normalized spacial score (nSPS) is 24.6. The number of hydrogen-bond acceptors (Lipinski definition) is 2. The van der Waals surface area contributed by atoms with Gasteiger partial charge in [-0.25, -0.2) is 0 Å². The van der Waals surface area contributed by atoms with Crippen LogP contribution in [0.5, 0.6) is 0 Å². The molecule has 0 aromatic heterocycles. The smallest absolute Gasteiger partial charge is 0.0186 e. The maximum absolute atomic E-state index is 3.65. The van der Waals surface area contributed by atoms with Crippen LogP contribution < -0.4 is 5.32 Å². The van der Waals surface area contributed by atoms with E-state index in [0.717, 1.165) is 24.4 Å². The van der Waals surface area contributed by atoms with Crippen LogP contribution in [0.4, 0.5) is 0 Å². The summed E-state index contributed by atoms with van der Waals surface area (Å²) in [6.45, 7) is 3.38. The molecule has 2 aliphatic rings. The molecule has 1 nitrogen and oxygen atoms in total. The number of rotatable bonds is 7. The van der Waals surface area contributed by atoms with Crippen molar-refractivity contribution in [3.63, 3.8) is 0 Å². The Balaban J connectivity index is 1.57. The summed E-state index contributed by atoms with van der Waals surface area (Å²) < 4.78 is 0. The van der Waals surface area contributed by atoms with Crippen molar-refractivity contribution < 1.29 is 0 Å². The zero-order valence-corrected chi connectivity index (χ0v) is 10.8. The Labute approximate surface area is 98.8 Å². The molecule has 0 saturated heterocycles. The Kier molecular flexibility index (Phi) is 4.83. The van der Waals surface area contributed by atoms with Crippen LogP contribution in [0.1, 0.15) is 45.4 Å². The van der Waals surface area contributed by atoms with Crippen LogP contribution in [0.2, 0.25) is 0 Å². The SMILES string of the molecule is CCNC(CSCC1CCCC1)C1CC1. The van der Waals surface area contributed by atoms with Crippen LogP contribution >= 0.6 is 11.8 Å². The van der Waals surface area contributed by atoms with Gasteiger partial charge in [0, 0.05) is 11.8 Å². The second kappa shape index (κ2) is 6.15. The number of thioether (sulfide) groups is 1. The monoisotopic (exact) mass is 227 g/mol. The lowest BCUT2D eigenvalue weighted by atomic mass is 10.1. The predicted octanol–water partition coefficient (Wildman–Crippen LogP) is 3.30. The first-order chi connectivity index (χ1) is 7.40. The van der Waals surface area contributed by atoms with Gasteiger partial charge in [-0.3, -0.25) is 0 Å². The highest BCUT2D eigenvalue weighted by molar-refractivity contribution is 7.99. The fraction of sp³-hybridized carbons (Fsp3) is 1.00. The maximum Gasteiger partial charge on any atom is 0.0186 e. The van der Waals surface area contributed by atoms with Gasteiger partial charge in [0.2, 0.25) is 0 Å². The van der Waals surface area contributed by atoms with E-state index in [9.17, 15) is 0 Å². The van der Waals surface area contributed by atoms with Gasteiger partial charge in [0.1, 0.15) is 0 Å². The van der Waals surface area contributed by atoms with Crippen LogP contribution in [0.3, 0.4) is 0 Å². The summed E-state index contributed by atoms with van der Waals surface area (Å²) in [6, 6.07) is 0.821. The first kappa shape index (κ1) is 11.8. The Morgan fingerprint density at radius 3 is 2.53 bits per heavy atom. The van der Waals surface area contributed by atoms with E-state index in [-0.39, 0.29) is 0 Å². The van der Waals surface area contributed by atoms with Gasteiger partial charge in [-0.1, -0.05) is 19.8 Å². The lowest BCUT2D eigenvalue weighted by Crippen LogP contribution is -2.33. The molecular weight excluding hydrogens is 202 g/mol. The van der Waals surface area contributed by atoms with Crippen molar-refractivity contribution in [2.75, 3.05) is 18.1 Å². The van der Waals surface area contributed by atoms with Crippen molar-refractivity contribution in [2.45, 2.75) is 51.5 Å². The van der Waals surface area contributed by atoms with E-state index in [4.69, 9.17) is 0 Å². The fourth-order valence-electron chi connectivity index (χ4n) is 2.66. The van der Waals surface area contributed by atoms with Gasteiger partial charge >= 0.3 is 0 Å². The van der Waals surface area contributed by atoms with E-state index in [1.54, 1.807) is 0 Å². The summed E-state index contributed by atoms with van der Waals surface area (Å²) in [5, 5.41) is 3.65. The first-order valence-electron chi connectivity index (χ1n) is 6.71. The Hall–Kier alpha value is 0.310. The topological polar surface area (TPSA) is 12.0 Å². The molecule has 2 aliphatic carbocycles. The van der Waals surface area contributed by atoms with Gasteiger partial charge in [0.25, 0.3) is 0 Å². The first-order valence-corrected chi connectivity index (χ1v) is 7.86. The number of hydrogen-bond donors (Lipinski definition) is 1. The van der Waals surface area contributed by atoms with Gasteiger partial charge < -0.3 is 5.32 Å². The molecule has 2 saturated carbocycles. The maximum atomic E-state index is 3.65. The molecule has 0 radical (unpaired) electrons. The summed E-state index contributed by atoms with van der Waals surface area (Å²) in [7, 11) is 0. The molecule has 15 heavy (non-hydrogen) atoms. The van der Waals surface area contributed by atoms with E-state index in [1.165, 1.54) is 50.0 Å². The summed E-state index contributed by atoms with van der Waals surface area (Å²) in [6.07, 6.45) is 8.93. The molecule has 2 fully saturated rings. The molecule has 88 valence electrons. The molecule has 0 aromatic carbocycles. The molecule has 0 bridgehead atoms. The van der Waals surface area contributed by atoms with Crippen LogP contribution in [-0.4, -0.2) is 24.1 Å². The molecule has 0 heterocycles. The lowest BCUT2D eigenvalue weighted by molar-refractivity contribution is 0.518. The third-order valence-electron chi connectivity index (χ3n) is 3.78. The van der Waals surface area contributed by atoms with Crippen molar-refractivity contribution in [3.8, 4) is 0 Å².